The minimum absolute atomic E-state index is 0.0572. The Balaban J connectivity index is 1.82. The number of carbonyl (C=O) groups is 2. The molecule has 6 heteroatoms. The number of likely N-dealkylation sites (tertiary alicyclic amines) is 1. The van der Waals surface area contributed by atoms with E-state index in [9.17, 15) is 9.59 Å². The van der Waals surface area contributed by atoms with E-state index in [1.807, 2.05) is 4.90 Å². The normalized spacial score (nSPS) is 25.5. The molecule has 2 fully saturated rings. The minimum Gasteiger partial charge on any atom is -0.354 e. The van der Waals surface area contributed by atoms with Gasteiger partial charge in [0, 0.05) is 23.2 Å². The monoisotopic (exact) mass is 363 g/mol. The number of hydrogen-bond donors (Lipinski definition) is 2. The molecule has 25 heavy (non-hydrogen) atoms. The van der Waals surface area contributed by atoms with Crippen LogP contribution in [0.3, 0.4) is 0 Å². The van der Waals surface area contributed by atoms with Crippen LogP contribution in [0.25, 0.3) is 0 Å². The second-order valence-electron chi connectivity index (χ2n) is 7.02. The molecule has 3 rings (SSSR count). The van der Waals surface area contributed by atoms with Crippen LogP contribution in [0.5, 0.6) is 0 Å². The Kier molecular flexibility index (Phi) is 5.97. The minimum atomic E-state index is -0.391. The topological polar surface area (TPSA) is 75.4 Å². The third kappa shape index (κ3) is 3.98. The third-order valence-electron chi connectivity index (χ3n) is 5.38. The van der Waals surface area contributed by atoms with Crippen LogP contribution in [0.2, 0.25) is 5.02 Å². The van der Waals surface area contributed by atoms with E-state index in [1.54, 1.807) is 24.3 Å². The van der Waals surface area contributed by atoms with E-state index >= 15 is 0 Å². The molecule has 3 N–H and O–H groups in total. The van der Waals surface area contributed by atoms with Crippen LogP contribution in [0, 0.1) is 5.92 Å². The number of nitrogens with one attached hydrogen (secondary N) is 1. The predicted molar refractivity (Wildman–Crippen MR) is 98.5 cm³/mol. The van der Waals surface area contributed by atoms with E-state index in [2.05, 4.69) is 5.32 Å². The summed E-state index contributed by atoms with van der Waals surface area (Å²) in [5.74, 6) is 0.274. The second-order valence-corrected chi connectivity index (χ2v) is 7.46. The van der Waals surface area contributed by atoms with Crippen molar-refractivity contribution in [1.29, 1.82) is 0 Å². The van der Waals surface area contributed by atoms with Crippen molar-refractivity contribution in [2.24, 2.45) is 11.7 Å². The van der Waals surface area contributed by atoms with E-state index in [-0.39, 0.29) is 17.9 Å². The largest absolute Gasteiger partial charge is 0.354 e. The van der Waals surface area contributed by atoms with Gasteiger partial charge in [0.05, 0.1) is 0 Å². The molecule has 3 atom stereocenters. The summed E-state index contributed by atoms with van der Waals surface area (Å²) in [4.78, 5) is 27.7. The molecule has 2 amide bonds. The summed E-state index contributed by atoms with van der Waals surface area (Å²) in [7, 11) is 0. The highest BCUT2D eigenvalue weighted by atomic mass is 35.5. The number of amides is 2. The van der Waals surface area contributed by atoms with Crippen molar-refractivity contribution in [3.05, 3.63) is 34.9 Å². The third-order valence-corrected chi connectivity index (χ3v) is 5.61. The maximum absolute atomic E-state index is 13.2. The highest BCUT2D eigenvalue weighted by Gasteiger charge is 2.47. The molecule has 0 radical (unpaired) electrons. The van der Waals surface area contributed by atoms with Crippen molar-refractivity contribution < 1.29 is 9.59 Å². The first kappa shape index (κ1) is 18.2. The fourth-order valence-electron chi connectivity index (χ4n) is 4.19. The summed E-state index contributed by atoms with van der Waals surface area (Å²) < 4.78 is 0. The Bertz CT molecular complexity index is 637. The lowest BCUT2D eigenvalue weighted by molar-refractivity contribution is -0.125. The number of hydrogen-bond acceptors (Lipinski definition) is 3. The zero-order valence-electron chi connectivity index (χ0n) is 14.4. The van der Waals surface area contributed by atoms with Gasteiger partial charge in [-0.15, -0.1) is 0 Å². The number of fused-ring (bicyclic) bond motifs is 1. The van der Waals surface area contributed by atoms with E-state index < -0.39 is 6.04 Å². The maximum Gasteiger partial charge on any atom is 0.254 e. The Morgan fingerprint density at radius 2 is 2.08 bits per heavy atom. The van der Waals surface area contributed by atoms with Gasteiger partial charge in [0.2, 0.25) is 5.91 Å². The number of halogens is 1. The molecule has 1 heterocycles. The molecular formula is C19H26ClN3O2. The van der Waals surface area contributed by atoms with E-state index in [4.69, 9.17) is 17.3 Å². The van der Waals surface area contributed by atoms with Gasteiger partial charge in [-0.2, -0.15) is 0 Å². The number of nitrogens with zero attached hydrogens (tertiary/aromatic N) is 1. The molecule has 5 nitrogen and oxygen atoms in total. The zero-order valence-corrected chi connectivity index (χ0v) is 15.2. The number of benzene rings is 1. The van der Waals surface area contributed by atoms with Crippen LogP contribution < -0.4 is 11.1 Å². The number of rotatable bonds is 5. The SMILES string of the molecule is NCCCNC(=O)C1CC2CCCCC2N1C(=O)c1cccc(Cl)c1. The summed E-state index contributed by atoms with van der Waals surface area (Å²) >= 11 is 6.05. The molecule has 0 spiro atoms. The van der Waals surface area contributed by atoms with Crippen LogP contribution >= 0.6 is 11.6 Å². The van der Waals surface area contributed by atoms with Crippen molar-refractivity contribution in [2.45, 2.75) is 50.6 Å². The Morgan fingerprint density at radius 1 is 1.28 bits per heavy atom. The molecule has 0 aromatic heterocycles. The second kappa shape index (κ2) is 8.19. The standard InChI is InChI=1S/C19H26ClN3O2/c20-15-7-3-6-14(11-15)19(25)23-16-8-2-1-5-13(16)12-17(23)18(24)22-10-4-9-21/h3,6-7,11,13,16-17H,1-2,4-5,8-10,12,21H2,(H,22,24). The van der Waals surface area contributed by atoms with Crippen molar-refractivity contribution in [2.75, 3.05) is 13.1 Å². The maximum atomic E-state index is 13.2. The summed E-state index contributed by atoms with van der Waals surface area (Å²) in [6, 6.07) is 6.75. The fraction of sp³-hybridized carbons (Fsp3) is 0.579. The molecule has 1 aromatic rings. The van der Waals surface area contributed by atoms with Gasteiger partial charge in [-0.1, -0.05) is 30.5 Å². The molecule has 1 aliphatic heterocycles. The predicted octanol–water partition coefficient (Wildman–Crippen LogP) is 2.58. The van der Waals surface area contributed by atoms with Crippen LogP contribution in [0.4, 0.5) is 0 Å². The molecule has 1 aromatic carbocycles. The van der Waals surface area contributed by atoms with Crippen LogP contribution in [0.15, 0.2) is 24.3 Å². The molecule has 0 bridgehead atoms. The summed E-state index contributed by atoms with van der Waals surface area (Å²) in [5.41, 5.74) is 6.06. The van der Waals surface area contributed by atoms with Crippen LogP contribution in [-0.2, 0) is 4.79 Å². The molecule has 1 saturated carbocycles. The molecule has 2 aliphatic rings. The number of nitrogens with two attached hydrogens (primary N) is 1. The summed E-state index contributed by atoms with van der Waals surface area (Å²) in [6.07, 6.45) is 5.86. The quantitative estimate of drug-likeness (QED) is 0.789. The van der Waals surface area contributed by atoms with E-state index in [0.717, 1.165) is 32.1 Å². The lowest BCUT2D eigenvalue weighted by atomic mass is 9.84. The van der Waals surface area contributed by atoms with Gasteiger partial charge < -0.3 is 16.0 Å². The van der Waals surface area contributed by atoms with E-state index in [0.29, 0.717) is 29.6 Å². The molecule has 3 unspecified atom stereocenters. The molecule has 1 saturated heterocycles. The van der Waals surface area contributed by atoms with Crippen molar-refractivity contribution in [3.8, 4) is 0 Å². The Hall–Kier alpha value is -1.59. The summed E-state index contributed by atoms with van der Waals surface area (Å²) in [6.45, 7) is 1.10. The first-order valence-electron chi connectivity index (χ1n) is 9.18. The van der Waals surface area contributed by atoms with Gasteiger partial charge in [0.1, 0.15) is 6.04 Å². The lowest BCUT2D eigenvalue weighted by Gasteiger charge is -2.33. The van der Waals surface area contributed by atoms with Gasteiger partial charge in [-0.3, -0.25) is 9.59 Å². The van der Waals surface area contributed by atoms with Crippen LogP contribution in [0.1, 0.15) is 48.9 Å². The van der Waals surface area contributed by atoms with Gasteiger partial charge in [-0.05, 0) is 56.3 Å². The van der Waals surface area contributed by atoms with Crippen LogP contribution in [-0.4, -0.2) is 41.9 Å². The fourth-order valence-corrected chi connectivity index (χ4v) is 4.38. The Labute approximate surface area is 153 Å². The first-order valence-corrected chi connectivity index (χ1v) is 9.55. The summed E-state index contributed by atoms with van der Waals surface area (Å²) in [5, 5.41) is 3.48. The van der Waals surface area contributed by atoms with Crippen molar-refractivity contribution in [3.63, 3.8) is 0 Å². The van der Waals surface area contributed by atoms with Gasteiger partial charge in [0.25, 0.3) is 5.91 Å². The highest BCUT2D eigenvalue weighted by Crippen LogP contribution is 2.40. The van der Waals surface area contributed by atoms with Crippen molar-refractivity contribution in [1.82, 2.24) is 10.2 Å². The Morgan fingerprint density at radius 3 is 2.84 bits per heavy atom. The molecule has 1 aliphatic carbocycles. The van der Waals surface area contributed by atoms with Gasteiger partial charge in [-0.25, -0.2) is 0 Å². The smallest absolute Gasteiger partial charge is 0.254 e. The molecular weight excluding hydrogens is 338 g/mol. The van der Waals surface area contributed by atoms with Gasteiger partial charge in [0.15, 0.2) is 0 Å². The average molecular weight is 364 g/mol. The average Bonchev–Trinajstić information content (AvgIpc) is 3.01. The zero-order chi connectivity index (χ0) is 17.8. The number of carbonyl (C=O) groups excluding carboxylic acids is 2. The first-order chi connectivity index (χ1) is 12.1. The highest BCUT2D eigenvalue weighted by molar-refractivity contribution is 6.31. The van der Waals surface area contributed by atoms with Gasteiger partial charge >= 0.3 is 0 Å². The lowest BCUT2D eigenvalue weighted by Crippen LogP contribution is -2.49. The molecule has 136 valence electrons. The van der Waals surface area contributed by atoms with Crippen molar-refractivity contribution >= 4 is 23.4 Å². The van der Waals surface area contributed by atoms with E-state index in [1.165, 1.54) is 6.42 Å².